The largest absolute Gasteiger partial charge is 0.393 e. The van der Waals surface area contributed by atoms with Crippen molar-refractivity contribution in [1.29, 1.82) is 0 Å². The highest BCUT2D eigenvalue weighted by Crippen LogP contribution is 2.06. The zero-order valence-electron chi connectivity index (χ0n) is 12.5. The van der Waals surface area contributed by atoms with Crippen LogP contribution in [0, 0.1) is 6.92 Å². The fourth-order valence-electron chi connectivity index (χ4n) is 1.73. The molecule has 5 heteroatoms. The summed E-state index contributed by atoms with van der Waals surface area (Å²) in [4.78, 5) is 14.3. The third-order valence-corrected chi connectivity index (χ3v) is 3.20. The number of nitrogens with two attached hydrogens (primary N) is 1. The monoisotopic (exact) mass is 306 g/mol. The average Bonchev–Trinajstić information content (AvgIpc) is 2.46. The van der Waals surface area contributed by atoms with E-state index in [1.165, 1.54) is 5.56 Å². The molecule has 1 aromatic carbocycles. The second-order valence-electron chi connectivity index (χ2n) is 4.78. The number of hydrogen-bond acceptors (Lipinski definition) is 3. The van der Waals surface area contributed by atoms with Gasteiger partial charge in [-0.05, 0) is 18.6 Å². The highest BCUT2D eigenvalue weighted by atomic mass is 32.1. The molecule has 4 nitrogen and oxygen atoms in total. The first kappa shape index (κ1) is 17.3. The van der Waals surface area contributed by atoms with Gasteiger partial charge in [-0.1, -0.05) is 42.0 Å². The van der Waals surface area contributed by atoms with Crippen molar-refractivity contribution in [3.8, 4) is 0 Å². The van der Waals surface area contributed by atoms with Gasteiger partial charge in [-0.25, -0.2) is 0 Å². The topological polar surface area (TPSA) is 55.6 Å². The van der Waals surface area contributed by atoms with Gasteiger partial charge in [0.05, 0.1) is 11.6 Å². The lowest BCUT2D eigenvalue weighted by Crippen LogP contribution is -2.35. The van der Waals surface area contributed by atoms with Crippen molar-refractivity contribution in [2.75, 3.05) is 26.8 Å². The molecule has 0 heterocycles. The molecule has 1 aromatic rings. The Kier molecular flexibility index (Phi) is 7.64. The van der Waals surface area contributed by atoms with Crippen LogP contribution in [-0.4, -0.2) is 42.6 Å². The van der Waals surface area contributed by atoms with Crippen molar-refractivity contribution in [1.82, 2.24) is 4.90 Å². The Morgan fingerprint density at radius 3 is 2.57 bits per heavy atom. The summed E-state index contributed by atoms with van der Waals surface area (Å²) in [6, 6.07) is 7.99. The minimum atomic E-state index is -0.0659. The van der Waals surface area contributed by atoms with Gasteiger partial charge in [0.25, 0.3) is 0 Å². The van der Waals surface area contributed by atoms with Crippen molar-refractivity contribution in [2.24, 2.45) is 5.73 Å². The number of thiocarbonyl (C=S) groups is 1. The van der Waals surface area contributed by atoms with Gasteiger partial charge in [0, 0.05) is 32.7 Å². The van der Waals surface area contributed by atoms with E-state index in [0.717, 1.165) is 5.56 Å². The van der Waals surface area contributed by atoms with Gasteiger partial charge < -0.3 is 15.4 Å². The highest BCUT2D eigenvalue weighted by molar-refractivity contribution is 7.80. The molecule has 2 N–H and O–H groups in total. The number of benzene rings is 1. The quantitative estimate of drug-likeness (QED) is 0.591. The zero-order chi connectivity index (χ0) is 15.7. The van der Waals surface area contributed by atoms with Crippen LogP contribution in [-0.2, 0) is 9.53 Å². The van der Waals surface area contributed by atoms with Crippen LogP contribution in [0.3, 0.4) is 0 Å². The number of rotatable bonds is 8. The van der Waals surface area contributed by atoms with Gasteiger partial charge in [0.2, 0.25) is 5.91 Å². The van der Waals surface area contributed by atoms with E-state index in [-0.39, 0.29) is 5.91 Å². The lowest BCUT2D eigenvalue weighted by molar-refractivity contribution is -0.126. The van der Waals surface area contributed by atoms with Crippen LogP contribution >= 0.6 is 12.2 Å². The number of nitrogens with zero attached hydrogens (tertiary/aromatic N) is 1. The number of ether oxygens (including phenoxy) is 1. The molecule has 0 aliphatic rings. The Hall–Kier alpha value is -1.72. The third-order valence-electron chi connectivity index (χ3n) is 3.00. The molecule has 0 aliphatic heterocycles. The molecule has 0 radical (unpaired) electrons. The molecule has 0 unspecified atom stereocenters. The van der Waals surface area contributed by atoms with Crippen molar-refractivity contribution < 1.29 is 9.53 Å². The van der Waals surface area contributed by atoms with E-state index in [4.69, 9.17) is 22.7 Å². The molecule has 0 spiro atoms. The summed E-state index contributed by atoms with van der Waals surface area (Å²) in [5.41, 5.74) is 7.68. The molecule has 0 aliphatic carbocycles. The summed E-state index contributed by atoms with van der Waals surface area (Å²) < 4.78 is 5.02. The van der Waals surface area contributed by atoms with Gasteiger partial charge in [0.1, 0.15) is 0 Å². The molecule has 0 saturated heterocycles. The van der Waals surface area contributed by atoms with E-state index < -0.39 is 0 Å². The normalized spacial score (nSPS) is 10.8. The molecule has 0 bridgehead atoms. The maximum atomic E-state index is 12.2. The predicted molar refractivity (Wildman–Crippen MR) is 90.1 cm³/mol. The van der Waals surface area contributed by atoms with E-state index >= 15 is 0 Å². The standard InChI is InChI=1S/C16H22N2O2S/c1-13-3-5-14(6-4-13)7-8-16(19)18(11-12-20-2)10-9-15(17)21/h3-8H,9-12H2,1-2H3,(H2,17,21)/b8-7+. The molecular formula is C16H22N2O2S. The second-order valence-corrected chi connectivity index (χ2v) is 5.30. The Morgan fingerprint density at radius 2 is 2.00 bits per heavy atom. The lowest BCUT2D eigenvalue weighted by Gasteiger charge is -2.20. The van der Waals surface area contributed by atoms with Crippen LogP contribution < -0.4 is 5.73 Å². The molecule has 21 heavy (non-hydrogen) atoms. The first-order valence-corrected chi connectivity index (χ1v) is 7.24. The third kappa shape index (κ3) is 7.02. The second kappa shape index (κ2) is 9.26. The fourth-order valence-corrected chi connectivity index (χ4v) is 1.82. The first-order chi connectivity index (χ1) is 10.0. The molecule has 1 amide bonds. The van der Waals surface area contributed by atoms with Crippen LogP contribution in [0.25, 0.3) is 6.08 Å². The number of methoxy groups -OCH3 is 1. The molecular weight excluding hydrogens is 284 g/mol. The Labute approximate surface area is 131 Å². The summed E-state index contributed by atoms with van der Waals surface area (Å²) >= 11 is 4.86. The summed E-state index contributed by atoms with van der Waals surface area (Å²) in [5, 5.41) is 0. The van der Waals surface area contributed by atoms with Crippen LogP contribution in [0.2, 0.25) is 0 Å². The number of carbonyl (C=O) groups is 1. The molecule has 0 fully saturated rings. The van der Waals surface area contributed by atoms with Crippen LogP contribution in [0.4, 0.5) is 0 Å². The average molecular weight is 306 g/mol. The van der Waals surface area contributed by atoms with E-state index in [0.29, 0.717) is 31.1 Å². The first-order valence-electron chi connectivity index (χ1n) is 6.84. The van der Waals surface area contributed by atoms with Crippen LogP contribution in [0.5, 0.6) is 0 Å². The van der Waals surface area contributed by atoms with E-state index in [1.54, 1.807) is 18.1 Å². The molecule has 1 rings (SSSR count). The van der Waals surface area contributed by atoms with Gasteiger partial charge >= 0.3 is 0 Å². The maximum absolute atomic E-state index is 12.2. The Balaban J connectivity index is 2.65. The van der Waals surface area contributed by atoms with Crippen molar-refractivity contribution in [2.45, 2.75) is 13.3 Å². The summed E-state index contributed by atoms with van der Waals surface area (Å²) in [5.74, 6) is -0.0659. The molecule has 114 valence electrons. The minimum Gasteiger partial charge on any atom is -0.393 e. The van der Waals surface area contributed by atoms with Crippen molar-refractivity contribution in [3.63, 3.8) is 0 Å². The van der Waals surface area contributed by atoms with E-state index in [2.05, 4.69) is 0 Å². The van der Waals surface area contributed by atoms with Gasteiger partial charge in [-0.15, -0.1) is 0 Å². The molecule has 0 saturated carbocycles. The number of hydrogen-bond donors (Lipinski definition) is 1. The summed E-state index contributed by atoms with van der Waals surface area (Å²) in [6.07, 6.45) is 3.89. The minimum absolute atomic E-state index is 0.0659. The summed E-state index contributed by atoms with van der Waals surface area (Å²) in [7, 11) is 1.61. The highest BCUT2D eigenvalue weighted by Gasteiger charge is 2.10. The van der Waals surface area contributed by atoms with Gasteiger partial charge in [-0.3, -0.25) is 4.79 Å². The van der Waals surface area contributed by atoms with Gasteiger partial charge in [-0.2, -0.15) is 0 Å². The summed E-state index contributed by atoms with van der Waals surface area (Å²) in [6.45, 7) is 3.55. The Bertz CT molecular complexity index is 498. The van der Waals surface area contributed by atoms with Crippen molar-refractivity contribution in [3.05, 3.63) is 41.5 Å². The SMILES string of the molecule is COCCN(CCC(N)=S)C(=O)/C=C/c1ccc(C)cc1. The fraction of sp³-hybridized carbons (Fsp3) is 0.375. The molecule has 0 atom stereocenters. The molecule has 0 aromatic heterocycles. The maximum Gasteiger partial charge on any atom is 0.246 e. The number of aryl methyl sites for hydroxylation is 1. The van der Waals surface area contributed by atoms with Crippen LogP contribution in [0.1, 0.15) is 17.5 Å². The van der Waals surface area contributed by atoms with Crippen molar-refractivity contribution >= 4 is 29.2 Å². The number of amides is 1. The zero-order valence-corrected chi connectivity index (χ0v) is 13.4. The number of carbonyl (C=O) groups excluding carboxylic acids is 1. The smallest absolute Gasteiger partial charge is 0.246 e. The van der Waals surface area contributed by atoms with E-state index in [1.807, 2.05) is 37.3 Å². The van der Waals surface area contributed by atoms with Gasteiger partial charge in [0.15, 0.2) is 0 Å². The lowest BCUT2D eigenvalue weighted by atomic mass is 10.1. The van der Waals surface area contributed by atoms with E-state index in [9.17, 15) is 4.79 Å². The van der Waals surface area contributed by atoms with Crippen LogP contribution in [0.15, 0.2) is 30.3 Å². The predicted octanol–water partition coefficient (Wildman–Crippen LogP) is 2.16. The Morgan fingerprint density at radius 1 is 1.33 bits per heavy atom.